The van der Waals surface area contributed by atoms with Crippen LogP contribution in [0.3, 0.4) is 0 Å². The third-order valence-corrected chi connectivity index (χ3v) is 11.3. The maximum Gasteiger partial charge on any atom is 0.418 e. The number of aliphatic imine (C=N–C) groups is 1. The quantitative estimate of drug-likeness (QED) is 0.0759. The maximum atomic E-state index is 13.0. The van der Waals surface area contributed by atoms with Crippen LogP contribution in [0.4, 0.5) is 38.0 Å². The van der Waals surface area contributed by atoms with Gasteiger partial charge < -0.3 is 25.4 Å². The van der Waals surface area contributed by atoms with Crippen molar-refractivity contribution in [2.45, 2.75) is 45.3 Å². The van der Waals surface area contributed by atoms with E-state index >= 15 is 0 Å². The number of nitrogens with zero attached hydrogens (tertiary/aromatic N) is 5. The van der Waals surface area contributed by atoms with Crippen molar-refractivity contribution in [1.29, 1.82) is 0 Å². The van der Waals surface area contributed by atoms with E-state index in [0.29, 0.717) is 40.9 Å². The number of carbonyl (C=O) groups excluding carboxylic acids is 2. The minimum absolute atomic E-state index is 0.140. The molecule has 4 heterocycles. The molecule has 326 valence electrons. The van der Waals surface area contributed by atoms with Gasteiger partial charge in [0.15, 0.2) is 0 Å². The zero-order valence-corrected chi connectivity index (χ0v) is 35.9. The largest absolute Gasteiger partial charge is 0.497 e. The molecule has 0 radical (unpaired) electrons. The Kier molecular flexibility index (Phi) is 16.0. The highest BCUT2D eigenvalue weighted by atomic mass is 35.5. The highest BCUT2D eigenvalue weighted by molar-refractivity contribution is 7.15. The fourth-order valence-electron chi connectivity index (χ4n) is 5.05. The molecule has 62 heavy (non-hydrogen) atoms. The van der Waals surface area contributed by atoms with E-state index in [2.05, 4.69) is 40.9 Å². The number of aromatic nitrogens is 4. The molecule has 0 aliphatic carbocycles. The third-order valence-electron chi connectivity index (χ3n) is 8.39. The van der Waals surface area contributed by atoms with E-state index in [-0.39, 0.29) is 27.4 Å². The molecule has 1 unspecified atom stereocenters. The van der Waals surface area contributed by atoms with Crippen LogP contribution in [0.2, 0.25) is 10.0 Å². The topological polar surface area (TPSA) is 153 Å². The van der Waals surface area contributed by atoms with Gasteiger partial charge in [-0.25, -0.2) is 19.9 Å². The van der Waals surface area contributed by atoms with Crippen molar-refractivity contribution in [2.75, 3.05) is 24.9 Å². The van der Waals surface area contributed by atoms with Gasteiger partial charge in [-0.3, -0.25) is 14.6 Å². The number of methoxy groups -OCH3 is 2. The Morgan fingerprint density at radius 2 is 1.18 bits per heavy atom. The van der Waals surface area contributed by atoms with Gasteiger partial charge in [0.2, 0.25) is 0 Å². The van der Waals surface area contributed by atoms with Crippen molar-refractivity contribution in [2.24, 2.45) is 4.99 Å². The monoisotopic (exact) mass is 938 g/mol. The third kappa shape index (κ3) is 13.2. The molecule has 22 heteroatoms. The summed E-state index contributed by atoms with van der Waals surface area (Å²) >= 11 is 13.3. The van der Waals surface area contributed by atoms with Gasteiger partial charge >= 0.3 is 12.4 Å². The number of thiazole rings is 2. The lowest BCUT2D eigenvalue weighted by molar-refractivity contribution is -0.138. The number of nitrogens with one attached hydrogen (secondary N) is 3. The lowest BCUT2D eigenvalue weighted by atomic mass is 10.2. The molecule has 0 saturated heterocycles. The molecular weight excluding hydrogens is 906 g/mol. The van der Waals surface area contributed by atoms with Crippen LogP contribution >= 0.6 is 45.9 Å². The number of carbonyl (C=O) groups is 2. The van der Waals surface area contributed by atoms with Gasteiger partial charge in [0.25, 0.3) is 11.8 Å². The molecule has 1 atom stereocenters. The first kappa shape index (κ1) is 47.4. The van der Waals surface area contributed by atoms with Crippen molar-refractivity contribution in [3.05, 3.63) is 138 Å². The van der Waals surface area contributed by atoms with Crippen LogP contribution < -0.4 is 25.4 Å². The molecule has 3 N–H and O–H groups in total. The SMILES string of the molecule is COc1ccc(CN=C(C)c2ncc(C(=O)Nc3cc(C(F)(F)F)c(Cl)cn3)s2)cc1.COc1ccc(CNC(C)c2ncc(C(=O)Nc3cc(C(F)(F)F)c(Cl)cn3)s2)cc1. The van der Waals surface area contributed by atoms with Crippen LogP contribution in [0.1, 0.15) is 71.5 Å². The van der Waals surface area contributed by atoms with Crippen LogP contribution in [0, 0.1) is 0 Å². The summed E-state index contributed by atoms with van der Waals surface area (Å²) in [7, 11) is 3.19. The predicted octanol–water partition coefficient (Wildman–Crippen LogP) is 10.8. The number of pyridine rings is 2. The Morgan fingerprint density at radius 3 is 1.66 bits per heavy atom. The summed E-state index contributed by atoms with van der Waals surface area (Å²) in [5, 5.41) is 8.09. The fraction of sp³-hybridized carbons (Fsp3) is 0.225. The number of ether oxygens (including phenoxy) is 2. The molecule has 0 aliphatic heterocycles. The highest BCUT2D eigenvalue weighted by Gasteiger charge is 2.35. The average molecular weight is 940 g/mol. The summed E-state index contributed by atoms with van der Waals surface area (Å²) in [5.41, 5.74) is 0.510. The van der Waals surface area contributed by atoms with Crippen molar-refractivity contribution in [3.8, 4) is 11.5 Å². The standard InChI is InChI=1S/C20H18ClF3N4O2S.C20H16ClF3N4O2S/c2*1-11(25-8-12-3-5-13(30-2)6-4-12)19-27-10-16(31-19)18(29)28-17-7-14(20(22,23)24)15(21)9-26-17/h3-7,9-11,25H,8H2,1-2H3,(H,26,28,29);3-7,9-10H,8H2,1-2H3,(H,26,28,29). The Balaban J connectivity index is 0.000000234. The zero-order valence-electron chi connectivity index (χ0n) is 32.8. The molecule has 2 amide bonds. The second kappa shape index (κ2) is 20.9. The normalized spacial score (nSPS) is 12.2. The first-order valence-electron chi connectivity index (χ1n) is 17.8. The Labute approximate surface area is 368 Å². The van der Waals surface area contributed by atoms with Gasteiger partial charge in [0.1, 0.15) is 42.9 Å². The molecule has 0 spiro atoms. The van der Waals surface area contributed by atoms with Gasteiger partial charge in [-0.2, -0.15) is 26.3 Å². The molecule has 0 fully saturated rings. The number of benzene rings is 2. The minimum Gasteiger partial charge on any atom is -0.497 e. The summed E-state index contributed by atoms with van der Waals surface area (Å²) in [6.07, 6.45) is -4.90. The van der Waals surface area contributed by atoms with Crippen molar-refractivity contribution >= 4 is 75.0 Å². The van der Waals surface area contributed by atoms with E-state index in [1.54, 1.807) is 21.1 Å². The van der Waals surface area contributed by atoms with Crippen LogP contribution in [0.25, 0.3) is 0 Å². The van der Waals surface area contributed by atoms with E-state index in [9.17, 15) is 35.9 Å². The lowest BCUT2D eigenvalue weighted by Gasteiger charge is -2.11. The Hall–Kier alpha value is -5.67. The van der Waals surface area contributed by atoms with E-state index in [1.165, 1.54) is 12.4 Å². The number of hydrogen-bond donors (Lipinski definition) is 3. The first-order valence-corrected chi connectivity index (χ1v) is 20.2. The second-order valence-corrected chi connectivity index (χ2v) is 15.7. The number of anilines is 2. The Morgan fingerprint density at radius 1 is 0.710 bits per heavy atom. The summed E-state index contributed by atoms with van der Waals surface area (Å²) in [6.45, 7) is 4.67. The number of rotatable bonds is 13. The minimum atomic E-state index is -4.66. The molecule has 6 aromatic rings. The van der Waals surface area contributed by atoms with Gasteiger partial charge in [-0.05, 0) is 61.4 Å². The van der Waals surface area contributed by atoms with Crippen molar-refractivity contribution in [3.63, 3.8) is 0 Å². The van der Waals surface area contributed by atoms with Crippen molar-refractivity contribution < 1.29 is 45.4 Å². The molecule has 4 aromatic heterocycles. The van der Waals surface area contributed by atoms with E-state index in [1.807, 2.05) is 55.5 Å². The van der Waals surface area contributed by atoms with Gasteiger partial charge in [0.05, 0.1) is 66.1 Å². The van der Waals surface area contributed by atoms with E-state index < -0.39 is 45.3 Å². The van der Waals surface area contributed by atoms with Gasteiger partial charge in [-0.15, -0.1) is 22.7 Å². The van der Waals surface area contributed by atoms with Crippen LogP contribution in [-0.2, 0) is 25.4 Å². The summed E-state index contributed by atoms with van der Waals surface area (Å²) < 4.78 is 88.0. The molecule has 2 aromatic carbocycles. The van der Waals surface area contributed by atoms with Crippen LogP contribution in [0.15, 0.2) is 90.4 Å². The predicted molar refractivity (Wildman–Crippen MR) is 226 cm³/mol. The molecule has 6 rings (SSSR count). The maximum absolute atomic E-state index is 13.0. The molecule has 0 bridgehead atoms. The number of halogens is 8. The van der Waals surface area contributed by atoms with Crippen molar-refractivity contribution in [1.82, 2.24) is 25.3 Å². The molecule has 0 aliphatic rings. The lowest BCUT2D eigenvalue weighted by Crippen LogP contribution is -2.17. The number of amides is 2. The van der Waals surface area contributed by atoms with Crippen LogP contribution in [0.5, 0.6) is 11.5 Å². The molecular formula is C40H34Cl2F6N8O4S2. The van der Waals surface area contributed by atoms with E-state index in [0.717, 1.165) is 57.7 Å². The average Bonchev–Trinajstić information content (AvgIpc) is 3.95. The summed E-state index contributed by atoms with van der Waals surface area (Å²) in [6, 6.07) is 16.3. The van der Waals surface area contributed by atoms with E-state index in [4.69, 9.17) is 32.7 Å². The van der Waals surface area contributed by atoms with Gasteiger partial charge in [0, 0.05) is 18.9 Å². The first-order chi connectivity index (χ1) is 29.3. The molecule has 12 nitrogen and oxygen atoms in total. The second-order valence-electron chi connectivity index (χ2n) is 12.8. The zero-order chi connectivity index (χ0) is 45.2. The Bertz CT molecular complexity index is 2520. The highest BCUT2D eigenvalue weighted by Crippen LogP contribution is 2.37. The van der Waals surface area contributed by atoms with Crippen LogP contribution in [-0.4, -0.2) is 51.7 Å². The fourth-order valence-corrected chi connectivity index (χ4v) is 7.09. The number of alkyl halides is 6. The molecule has 0 saturated carbocycles. The summed E-state index contributed by atoms with van der Waals surface area (Å²) in [4.78, 5) is 45.6. The van der Waals surface area contributed by atoms with Gasteiger partial charge in [-0.1, -0.05) is 47.5 Å². The number of hydrogen-bond acceptors (Lipinski definition) is 12. The smallest absolute Gasteiger partial charge is 0.418 e. The summed E-state index contributed by atoms with van der Waals surface area (Å²) in [5.74, 6) is -0.227.